The minimum absolute atomic E-state index is 0.0886. The highest BCUT2D eigenvalue weighted by Crippen LogP contribution is 2.31. The summed E-state index contributed by atoms with van der Waals surface area (Å²) < 4.78 is 0. The molecule has 0 aliphatic carbocycles. The first kappa shape index (κ1) is 14.5. The molecule has 0 unspecified atom stereocenters. The van der Waals surface area contributed by atoms with Gasteiger partial charge in [-0.1, -0.05) is 6.92 Å². The fraction of sp³-hybridized carbons (Fsp3) is 0.500. The molecule has 1 aliphatic heterocycles. The van der Waals surface area contributed by atoms with Crippen LogP contribution < -0.4 is 10.2 Å². The van der Waals surface area contributed by atoms with E-state index in [1.54, 1.807) is 17.0 Å². The second kappa shape index (κ2) is 6.47. The average molecular weight is 277 g/mol. The van der Waals surface area contributed by atoms with Gasteiger partial charge in [-0.3, -0.25) is 14.9 Å². The first-order valence-corrected chi connectivity index (χ1v) is 6.92. The first-order valence-electron chi connectivity index (χ1n) is 6.92. The van der Waals surface area contributed by atoms with Gasteiger partial charge < -0.3 is 10.2 Å². The molecule has 6 nitrogen and oxygen atoms in total. The van der Waals surface area contributed by atoms with Crippen molar-refractivity contribution in [3.05, 3.63) is 33.9 Å². The minimum atomic E-state index is -0.397. The van der Waals surface area contributed by atoms with Gasteiger partial charge in [0.2, 0.25) is 5.91 Å². The van der Waals surface area contributed by atoms with Crippen LogP contribution in [0.2, 0.25) is 0 Å². The van der Waals surface area contributed by atoms with Crippen molar-refractivity contribution in [2.45, 2.75) is 26.2 Å². The summed E-state index contributed by atoms with van der Waals surface area (Å²) in [6.45, 7) is 4.47. The standard InChI is InChI=1S/C14H19N3O3/c1-2-15-8-3-9-16-13-6-5-12(17(19)20)10-11(13)4-7-14(16)18/h5-6,10,15H,2-4,7-9H2,1H3. The molecule has 0 aromatic heterocycles. The Balaban J connectivity index is 2.14. The summed E-state index contributed by atoms with van der Waals surface area (Å²) >= 11 is 0. The van der Waals surface area contributed by atoms with Gasteiger partial charge in [0.1, 0.15) is 0 Å². The smallest absolute Gasteiger partial charge is 0.269 e. The largest absolute Gasteiger partial charge is 0.317 e. The highest BCUT2D eigenvalue weighted by molar-refractivity contribution is 5.96. The maximum absolute atomic E-state index is 12.0. The predicted octanol–water partition coefficient (Wildman–Crippen LogP) is 1.87. The number of non-ortho nitro benzene ring substituents is 1. The van der Waals surface area contributed by atoms with Crippen molar-refractivity contribution in [1.29, 1.82) is 0 Å². The molecule has 1 N–H and O–H groups in total. The molecule has 0 bridgehead atoms. The molecule has 0 atom stereocenters. The highest BCUT2D eigenvalue weighted by Gasteiger charge is 2.25. The van der Waals surface area contributed by atoms with Crippen LogP contribution >= 0.6 is 0 Å². The van der Waals surface area contributed by atoms with E-state index in [1.165, 1.54) is 6.07 Å². The molecule has 0 saturated carbocycles. The van der Waals surface area contributed by atoms with E-state index in [0.717, 1.165) is 30.8 Å². The van der Waals surface area contributed by atoms with Crippen molar-refractivity contribution < 1.29 is 9.72 Å². The third-order valence-electron chi connectivity index (χ3n) is 3.46. The van der Waals surface area contributed by atoms with E-state index < -0.39 is 4.92 Å². The quantitative estimate of drug-likeness (QED) is 0.489. The lowest BCUT2D eigenvalue weighted by Gasteiger charge is -2.29. The zero-order valence-corrected chi connectivity index (χ0v) is 11.6. The number of nitro benzene ring substituents is 1. The van der Waals surface area contributed by atoms with Gasteiger partial charge in [-0.2, -0.15) is 0 Å². The van der Waals surface area contributed by atoms with Crippen LogP contribution in [0, 0.1) is 10.1 Å². The number of hydrogen-bond acceptors (Lipinski definition) is 4. The molecule has 1 heterocycles. The molecule has 108 valence electrons. The maximum Gasteiger partial charge on any atom is 0.269 e. The molecule has 0 fully saturated rings. The lowest BCUT2D eigenvalue weighted by atomic mass is 10.0. The van der Waals surface area contributed by atoms with Crippen LogP contribution in [0.15, 0.2) is 18.2 Å². The number of anilines is 1. The molecule has 2 rings (SSSR count). The van der Waals surface area contributed by atoms with Gasteiger partial charge in [-0.15, -0.1) is 0 Å². The number of hydrogen-bond donors (Lipinski definition) is 1. The molecular weight excluding hydrogens is 258 g/mol. The summed E-state index contributed by atoms with van der Waals surface area (Å²) in [4.78, 5) is 24.2. The number of nitrogens with one attached hydrogen (secondary N) is 1. The Hall–Kier alpha value is -1.95. The second-order valence-corrected chi connectivity index (χ2v) is 4.82. The number of carbonyl (C=O) groups is 1. The monoisotopic (exact) mass is 277 g/mol. The Labute approximate surface area is 117 Å². The molecule has 1 amide bonds. The van der Waals surface area contributed by atoms with Crippen molar-refractivity contribution in [2.24, 2.45) is 0 Å². The zero-order valence-electron chi connectivity index (χ0n) is 11.6. The van der Waals surface area contributed by atoms with Crippen LogP contribution in [0.5, 0.6) is 0 Å². The van der Waals surface area contributed by atoms with E-state index in [1.807, 2.05) is 6.92 Å². The van der Waals surface area contributed by atoms with Crippen molar-refractivity contribution in [3.8, 4) is 0 Å². The van der Waals surface area contributed by atoms with Gasteiger partial charge in [0, 0.05) is 30.8 Å². The van der Waals surface area contributed by atoms with Crippen molar-refractivity contribution >= 4 is 17.3 Å². The summed E-state index contributed by atoms with van der Waals surface area (Å²) in [5.74, 6) is 0.0999. The third-order valence-corrected chi connectivity index (χ3v) is 3.46. The van der Waals surface area contributed by atoms with Gasteiger partial charge in [-0.05, 0) is 37.6 Å². The number of nitro groups is 1. The fourth-order valence-electron chi connectivity index (χ4n) is 2.44. The van der Waals surface area contributed by atoms with E-state index >= 15 is 0 Å². The molecule has 20 heavy (non-hydrogen) atoms. The van der Waals surface area contributed by atoms with Crippen molar-refractivity contribution in [3.63, 3.8) is 0 Å². The number of aryl methyl sites for hydroxylation is 1. The first-order chi connectivity index (χ1) is 9.63. The summed E-state index contributed by atoms with van der Waals surface area (Å²) in [7, 11) is 0. The molecule has 0 radical (unpaired) electrons. The number of rotatable bonds is 6. The van der Waals surface area contributed by atoms with Crippen LogP contribution in [0.4, 0.5) is 11.4 Å². The zero-order chi connectivity index (χ0) is 14.5. The Kier molecular flexibility index (Phi) is 4.68. The number of nitrogens with zero attached hydrogens (tertiary/aromatic N) is 2. The molecule has 1 aliphatic rings. The summed E-state index contributed by atoms with van der Waals surface area (Å²) in [5, 5.41) is 14.0. The van der Waals surface area contributed by atoms with E-state index in [9.17, 15) is 14.9 Å². The van der Waals surface area contributed by atoms with Gasteiger partial charge in [0.15, 0.2) is 0 Å². The molecule has 0 saturated heterocycles. The Morgan fingerprint density at radius 3 is 2.90 bits per heavy atom. The topological polar surface area (TPSA) is 75.5 Å². The predicted molar refractivity (Wildman–Crippen MR) is 76.9 cm³/mol. The van der Waals surface area contributed by atoms with Crippen LogP contribution in [0.1, 0.15) is 25.3 Å². The molecule has 0 spiro atoms. The van der Waals surface area contributed by atoms with E-state index in [-0.39, 0.29) is 11.6 Å². The van der Waals surface area contributed by atoms with Crippen LogP contribution in [-0.2, 0) is 11.2 Å². The summed E-state index contributed by atoms with van der Waals surface area (Å²) in [5.41, 5.74) is 1.80. The van der Waals surface area contributed by atoms with E-state index in [4.69, 9.17) is 0 Å². The SMILES string of the molecule is CCNCCCN1C(=O)CCc2cc([N+](=O)[O-])ccc21. The number of fused-ring (bicyclic) bond motifs is 1. The lowest BCUT2D eigenvalue weighted by molar-refractivity contribution is -0.384. The molecule has 1 aromatic rings. The van der Waals surface area contributed by atoms with Crippen LogP contribution in [0.3, 0.4) is 0 Å². The minimum Gasteiger partial charge on any atom is -0.317 e. The average Bonchev–Trinajstić information content (AvgIpc) is 2.44. The molecular formula is C14H19N3O3. The Morgan fingerprint density at radius 1 is 1.40 bits per heavy atom. The summed E-state index contributed by atoms with van der Waals surface area (Å²) in [6.07, 6.45) is 1.88. The molecule has 6 heteroatoms. The van der Waals surface area contributed by atoms with Crippen molar-refractivity contribution in [1.82, 2.24) is 5.32 Å². The normalized spacial score (nSPS) is 14.2. The maximum atomic E-state index is 12.0. The van der Waals surface area contributed by atoms with Gasteiger partial charge in [-0.25, -0.2) is 0 Å². The Morgan fingerprint density at radius 2 is 2.20 bits per heavy atom. The number of amides is 1. The van der Waals surface area contributed by atoms with Crippen LogP contribution in [0.25, 0.3) is 0 Å². The fourth-order valence-corrected chi connectivity index (χ4v) is 2.44. The third kappa shape index (κ3) is 3.14. The number of carbonyl (C=O) groups excluding carboxylic acids is 1. The van der Waals surface area contributed by atoms with E-state index in [0.29, 0.717) is 19.4 Å². The summed E-state index contributed by atoms with van der Waals surface area (Å²) in [6, 6.07) is 4.74. The molecule has 1 aromatic carbocycles. The number of benzene rings is 1. The van der Waals surface area contributed by atoms with Gasteiger partial charge in [0.25, 0.3) is 5.69 Å². The van der Waals surface area contributed by atoms with E-state index in [2.05, 4.69) is 5.32 Å². The lowest BCUT2D eigenvalue weighted by Crippen LogP contribution is -2.37. The van der Waals surface area contributed by atoms with Gasteiger partial charge >= 0.3 is 0 Å². The van der Waals surface area contributed by atoms with Gasteiger partial charge in [0.05, 0.1) is 4.92 Å². The van der Waals surface area contributed by atoms with Crippen molar-refractivity contribution in [2.75, 3.05) is 24.5 Å². The Bertz CT molecular complexity index is 516. The second-order valence-electron chi connectivity index (χ2n) is 4.82. The van der Waals surface area contributed by atoms with Crippen LogP contribution in [-0.4, -0.2) is 30.5 Å². The highest BCUT2D eigenvalue weighted by atomic mass is 16.6.